The van der Waals surface area contributed by atoms with Crippen molar-refractivity contribution in [1.29, 1.82) is 0 Å². The van der Waals surface area contributed by atoms with Crippen LogP contribution in [0.1, 0.15) is 32.3 Å². The van der Waals surface area contributed by atoms with Gasteiger partial charge in [0.2, 0.25) is 5.95 Å². The quantitative estimate of drug-likeness (QED) is 0.716. The summed E-state index contributed by atoms with van der Waals surface area (Å²) in [5.41, 5.74) is 5.05. The van der Waals surface area contributed by atoms with Gasteiger partial charge in [-0.3, -0.25) is 0 Å². The van der Waals surface area contributed by atoms with Crippen LogP contribution < -0.4 is 16.0 Å². The Morgan fingerprint density at radius 2 is 2.07 bits per heavy atom. The highest BCUT2D eigenvalue weighted by molar-refractivity contribution is 5.68. The lowest BCUT2D eigenvalue weighted by molar-refractivity contribution is 0.0504. The van der Waals surface area contributed by atoms with Crippen LogP contribution in [-0.4, -0.2) is 45.9 Å². The molecule has 0 bridgehead atoms. The average Bonchev–Trinajstić information content (AvgIpc) is 3.01. The van der Waals surface area contributed by atoms with Crippen LogP contribution in [0.2, 0.25) is 0 Å². The molecule has 1 amide bonds. The van der Waals surface area contributed by atoms with E-state index in [0.29, 0.717) is 0 Å². The third kappa shape index (κ3) is 4.82. The number of halogens is 2. The summed E-state index contributed by atoms with van der Waals surface area (Å²) in [7, 11) is 0. The first-order valence-electron chi connectivity index (χ1n) is 9.04. The van der Waals surface area contributed by atoms with Crippen LogP contribution in [0.25, 0.3) is 0 Å². The van der Waals surface area contributed by atoms with Gasteiger partial charge in [0, 0.05) is 19.0 Å². The van der Waals surface area contributed by atoms with Crippen LogP contribution in [0, 0.1) is 11.6 Å². The van der Waals surface area contributed by atoms with Crippen molar-refractivity contribution < 1.29 is 23.4 Å². The van der Waals surface area contributed by atoms with E-state index in [9.17, 15) is 18.7 Å². The third-order valence-electron chi connectivity index (χ3n) is 4.45. The minimum atomic E-state index is -0.712. The van der Waals surface area contributed by atoms with Crippen molar-refractivity contribution in [3.05, 3.63) is 41.6 Å². The molecule has 4 N–H and O–H groups in total. The summed E-state index contributed by atoms with van der Waals surface area (Å²) in [6.07, 6.45) is 0.488. The maximum atomic E-state index is 14.4. The van der Waals surface area contributed by atoms with E-state index < -0.39 is 35.3 Å². The van der Waals surface area contributed by atoms with Gasteiger partial charge in [-0.15, -0.1) is 0 Å². The van der Waals surface area contributed by atoms with Gasteiger partial charge in [-0.25, -0.2) is 18.6 Å². The molecule has 0 unspecified atom stereocenters. The van der Waals surface area contributed by atoms with Crippen LogP contribution in [0.4, 0.5) is 25.3 Å². The van der Waals surface area contributed by atoms with Crippen molar-refractivity contribution >= 4 is 17.9 Å². The predicted molar refractivity (Wildman–Crippen MR) is 103 cm³/mol. The van der Waals surface area contributed by atoms with Crippen molar-refractivity contribution in [3.8, 4) is 5.75 Å². The molecule has 1 aromatic heterocycles. The lowest BCUT2D eigenvalue weighted by atomic mass is 9.94. The van der Waals surface area contributed by atoms with Crippen molar-refractivity contribution in [2.75, 3.05) is 23.7 Å². The zero-order chi connectivity index (χ0) is 21.3. The number of benzene rings is 1. The molecule has 3 rings (SSSR count). The van der Waals surface area contributed by atoms with Crippen molar-refractivity contribution in [1.82, 2.24) is 15.3 Å². The number of hydrogen-bond acceptors (Lipinski definition) is 7. The van der Waals surface area contributed by atoms with Gasteiger partial charge in [-0.2, -0.15) is 4.98 Å². The zero-order valence-electron chi connectivity index (χ0n) is 16.3. The summed E-state index contributed by atoms with van der Waals surface area (Å²) in [5, 5.41) is 12.3. The number of alkyl carbamates (subject to hydrolysis) is 1. The number of aromatic nitrogens is 2. The third-order valence-corrected chi connectivity index (χ3v) is 4.45. The highest BCUT2D eigenvalue weighted by atomic mass is 19.1. The van der Waals surface area contributed by atoms with Crippen LogP contribution in [0.5, 0.6) is 5.75 Å². The van der Waals surface area contributed by atoms with Crippen molar-refractivity contribution in [2.45, 2.75) is 38.3 Å². The number of carbonyl (C=O) groups is 1. The number of aromatic hydroxyl groups is 1. The number of ether oxygens (including phenoxy) is 1. The van der Waals surface area contributed by atoms with Crippen molar-refractivity contribution in [3.63, 3.8) is 0 Å². The second kappa shape index (κ2) is 7.69. The summed E-state index contributed by atoms with van der Waals surface area (Å²) < 4.78 is 33.5. The van der Waals surface area contributed by atoms with Gasteiger partial charge in [0.1, 0.15) is 17.2 Å². The number of anilines is 2. The number of amides is 1. The number of nitrogens with one attached hydrogen (secondary N) is 1. The molecule has 8 nitrogen and oxygen atoms in total. The van der Waals surface area contributed by atoms with E-state index in [0.717, 1.165) is 24.4 Å². The molecule has 2 atom stereocenters. The van der Waals surface area contributed by atoms with Crippen LogP contribution >= 0.6 is 0 Å². The Balaban J connectivity index is 1.90. The SMILES string of the molecule is CC(C)(C)OC(=O)N[C@H]1CN(c2ncc(O)c(N)n2)C[C@@H]1c1cc(F)ccc1F. The summed E-state index contributed by atoms with van der Waals surface area (Å²) in [6.45, 7) is 5.59. The number of nitrogens with zero attached hydrogens (tertiary/aromatic N) is 3. The smallest absolute Gasteiger partial charge is 0.407 e. The molecule has 1 aromatic carbocycles. The van der Waals surface area contributed by atoms with Gasteiger partial charge in [-0.1, -0.05) is 0 Å². The van der Waals surface area contributed by atoms with E-state index in [-0.39, 0.29) is 36.2 Å². The van der Waals surface area contributed by atoms with E-state index in [4.69, 9.17) is 10.5 Å². The molecule has 0 radical (unpaired) electrons. The Kier molecular flexibility index (Phi) is 5.45. The molecular formula is C19H23F2N5O3. The van der Waals surface area contributed by atoms with Crippen LogP contribution in [-0.2, 0) is 4.74 Å². The number of nitrogen functional groups attached to an aromatic ring is 1. The molecule has 10 heteroatoms. The van der Waals surface area contributed by atoms with Gasteiger partial charge in [0.15, 0.2) is 11.6 Å². The van der Waals surface area contributed by atoms with Crippen LogP contribution in [0.3, 0.4) is 0 Å². The van der Waals surface area contributed by atoms with Gasteiger partial charge in [-0.05, 0) is 44.5 Å². The summed E-state index contributed by atoms with van der Waals surface area (Å²) in [6, 6.07) is 2.59. The second-order valence-electron chi connectivity index (χ2n) is 7.87. The fraction of sp³-hybridized carbons (Fsp3) is 0.421. The highest BCUT2D eigenvalue weighted by Crippen LogP contribution is 2.33. The lowest BCUT2D eigenvalue weighted by Gasteiger charge is -2.24. The van der Waals surface area contributed by atoms with Gasteiger partial charge in [0.25, 0.3) is 0 Å². The molecule has 2 heterocycles. The molecule has 1 saturated heterocycles. The van der Waals surface area contributed by atoms with E-state index in [2.05, 4.69) is 15.3 Å². The minimum Gasteiger partial charge on any atom is -0.503 e. The molecular weight excluding hydrogens is 384 g/mol. The Hall–Kier alpha value is -3.17. The average molecular weight is 407 g/mol. The number of hydrogen-bond donors (Lipinski definition) is 3. The van der Waals surface area contributed by atoms with E-state index >= 15 is 0 Å². The molecule has 1 aliphatic rings. The molecule has 1 fully saturated rings. The summed E-state index contributed by atoms with van der Waals surface area (Å²) in [5.74, 6) is -1.91. The van der Waals surface area contributed by atoms with Gasteiger partial charge < -0.3 is 25.8 Å². The summed E-state index contributed by atoms with van der Waals surface area (Å²) >= 11 is 0. The topological polar surface area (TPSA) is 114 Å². The monoisotopic (exact) mass is 407 g/mol. The first kappa shape index (κ1) is 20.6. The normalized spacial score (nSPS) is 19.3. The fourth-order valence-corrected chi connectivity index (χ4v) is 3.22. The highest BCUT2D eigenvalue weighted by Gasteiger charge is 2.38. The van der Waals surface area contributed by atoms with Crippen LogP contribution in [0.15, 0.2) is 24.4 Å². The molecule has 2 aromatic rings. The summed E-state index contributed by atoms with van der Waals surface area (Å²) in [4.78, 5) is 22.0. The fourth-order valence-electron chi connectivity index (χ4n) is 3.22. The minimum absolute atomic E-state index is 0.105. The molecule has 0 saturated carbocycles. The standard InChI is InChI=1S/C19H23F2N5O3/c1-19(2,3)29-18(28)24-14-9-26(17-23-7-15(27)16(22)25-17)8-12(14)11-6-10(20)4-5-13(11)21/h4-7,12,14,27H,8-9H2,1-3H3,(H,24,28)(H2,22,23,25)/t12-,14+/m1/s1. The number of nitrogens with two attached hydrogens (primary N) is 1. The number of rotatable bonds is 3. The molecule has 156 valence electrons. The van der Waals surface area contributed by atoms with E-state index in [1.165, 1.54) is 0 Å². The van der Waals surface area contributed by atoms with E-state index in [1.807, 2.05) is 0 Å². The van der Waals surface area contributed by atoms with Gasteiger partial charge in [0.05, 0.1) is 12.2 Å². The molecule has 0 aliphatic carbocycles. The maximum absolute atomic E-state index is 14.4. The van der Waals surface area contributed by atoms with Gasteiger partial charge >= 0.3 is 6.09 Å². The number of carbonyl (C=O) groups excluding carboxylic acids is 1. The Morgan fingerprint density at radius 1 is 1.34 bits per heavy atom. The molecule has 0 spiro atoms. The predicted octanol–water partition coefficient (Wildman–Crippen LogP) is 2.54. The first-order valence-corrected chi connectivity index (χ1v) is 9.04. The maximum Gasteiger partial charge on any atom is 0.407 e. The van der Waals surface area contributed by atoms with E-state index in [1.54, 1.807) is 25.7 Å². The Morgan fingerprint density at radius 3 is 2.72 bits per heavy atom. The Labute approximate surface area is 166 Å². The molecule has 1 aliphatic heterocycles. The zero-order valence-corrected chi connectivity index (χ0v) is 16.3. The lowest BCUT2D eigenvalue weighted by Crippen LogP contribution is -2.43. The first-order chi connectivity index (χ1) is 13.5. The second-order valence-corrected chi connectivity index (χ2v) is 7.87. The Bertz CT molecular complexity index is 919. The molecule has 29 heavy (non-hydrogen) atoms. The largest absolute Gasteiger partial charge is 0.503 e. The van der Waals surface area contributed by atoms with Crippen molar-refractivity contribution in [2.24, 2.45) is 0 Å².